The van der Waals surface area contributed by atoms with Crippen LogP contribution in [0, 0.1) is 13.8 Å². The van der Waals surface area contributed by atoms with E-state index in [1.54, 1.807) is 6.07 Å². The summed E-state index contributed by atoms with van der Waals surface area (Å²) >= 11 is 1.53. The Morgan fingerprint density at radius 1 is 1.28 bits per heavy atom. The molecule has 0 saturated heterocycles. The number of hydrogen-bond donors (Lipinski definition) is 1. The number of carboxylic acid groups (broad SMARTS) is 1. The van der Waals surface area contributed by atoms with Crippen molar-refractivity contribution in [2.45, 2.75) is 50.1 Å². The number of rotatable bonds is 4. The topological polar surface area (TPSA) is 59.3 Å². The van der Waals surface area contributed by atoms with Gasteiger partial charge >= 0.3 is 5.97 Å². The Labute approximate surface area is 150 Å². The first kappa shape index (κ1) is 16.5. The van der Waals surface area contributed by atoms with Crippen molar-refractivity contribution in [1.29, 1.82) is 0 Å². The van der Waals surface area contributed by atoms with Gasteiger partial charge < -0.3 is 5.11 Å². The van der Waals surface area contributed by atoms with Crippen LogP contribution in [0.5, 0.6) is 0 Å². The van der Waals surface area contributed by atoms with Crippen LogP contribution in [-0.2, 0) is 11.2 Å². The van der Waals surface area contributed by atoms with Gasteiger partial charge in [-0.15, -0.1) is 11.8 Å². The normalized spacial score (nSPS) is 19.0. The second-order valence-corrected chi connectivity index (χ2v) is 8.08. The second-order valence-electron chi connectivity index (χ2n) is 7.07. The van der Waals surface area contributed by atoms with Gasteiger partial charge in [-0.1, -0.05) is 18.2 Å². The molecule has 1 aromatic carbocycles. The minimum absolute atomic E-state index is 0.183. The number of fused-ring (bicyclic) bond motifs is 1. The quantitative estimate of drug-likeness (QED) is 0.909. The lowest BCUT2D eigenvalue weighted by molar-refractivity contribution is -0.140. The highest BCUT2D eigenvalue weighted by Gasteiger charge is 2.37. The number of aromatic nitrogens is 1. The third-order valence-electron chi connectivity index (χ3n) is 5.39. The van der Waals surface area contributed by atoms with Crippen molar-refractivity contribution in [3.8, 4) is 0 Å². The van der Waals surface area contributed by atoms with Gasteiger partial charge in [-0.2, -0.15) is 0 Å². The molecule has 25 heavy (non-hydrogen) atoms. The molecule has 4 nitrogen and oxygen atoms in total. The number of nitrogens with zero attached hydrogens (tertiary/aromatic N) is 1. The molecule has 1 aromatic heterocycles. The first-order chi connectivity index (χ1) is 12.0. The van der Waals surface area contributed by atoms with E-state index >= 15 is 0 Å². The average molecular weight is 355 g/mol. The standard InChI is InChI=1S/C20H21NO3S/c1-11-4-3-5-14(12(11)2)8-15-9-17(22)21-16(20(23)24)10-25-19(21)18(15)13-6-7-13/h3-5,9,13,16H,6-8,10H2,1-2H3,(H,23,24)/t16-/m0/s1. The lowest BCUT2D eigenvalue weighted by Crippen LogP contribution is -2.29. The average Bonchev–Trinajstić information content (AvgIpc) is 3.28. The minimum Gasteiger partial charge on any atom is -0.480 e. The highest BCUT2D eigenvalue weighted by Crippen LogP contribution is 2.48. The van der Waals surface area contributed by atoms with Crippen LogP contribution in [0.3, 0.4) is 0 Å². The zero-order chi connectivity index (χ0) is 17.7. The maximum atomic E-state index is 12.7. The Kier molecular flexibility index (Phi) is 3.99. The molecule has 2 aliphatic rings. The van der Waals surface area contributed by atoms with Crippen LogP contribution in [-0.4, -0.2) is 21.4 Å². The molecule has 1 fully saturated rings. The van der Waals surface area contributed by atoms with E-state index in [4.69, 9.17) is 0 Å². The van der Waals surface area contributed by atoms with Gasteiger partial charge in [0.15, 0.2) is 0 Å². The molecule has 0 radical (unpaired) electrons. The van der Waals surface area contributed by atoms with E-state index in [1.807, 2.05) is 0 Å². The maximum Gasteiger partial charge on any atom is 0.327 e. The van der Waals surface area contributed by atoms with Crippen LogP contribution in [0.25, 0.3) is 0 Å². The van der Waals surface area contributed by atoms with Crippen molar-refractivity contribution in [2.75, 3.05) is 5.75 Å². The third kappa shape index (κ3) is 2.80. The molecule has 130 valence electrons. The fourth-order valence-corrected chi connectivity index (χ4v) is 5.10. The summed E-state index contributed by atoms with van der Waals surface area (Å²) in [6.07, 6.45) is 2.99. The number of thioether (sulfide) groups is 1. The smallest absolute Gasteiger partial charge is 0.327 e. The van der Waals surface area contributed by atoms with E-state index in [2.05, 4.69) is 32.0 Å². The molecule has 4 rings (SSSR count). The van der Waals surface area contributed by atoms with Gasteiger partial charge in [0.2, 0.25) is 0 Å². The Bertz CT molecular complexity index is 927. The van der Waals surface area contributed by atoms with Gasteiger partial charge in [-0.3, -0.25) is 9.36 Å². The largest absolute Gasteiger partial charge is 0.480 e. The molecule has 0 unspecified atom stereocenters. The number of carbonyl (C=O) groups is 1. The van der Waals surface area contributed by atoms with Gasteiger partial charge in [0.1, 0.15) is 6.04 Å². The molecule has 0 amide bonds. The zero-order valence-electron chi connectivity index (χ0n) is 14.4. The lowest BCUT2D eigenvalue weighted by Gasteiger charge is -2.17. The van der Waals surface area contributed by atoms with Crippen LogP contribution < -0.4 is 5.56 Å². The number of carboxylic acids is 1. The molecule has 0 bridgehead atoms. The van der Waals surface area contributed by atoms with Crippen molar-refractivity contribution in [2.24, 2.45) is 0 Å². The van der Waals surface area contributed by atoms with E-state index in [0.29, 0.717) is 11.7 Å². The summed E-state index contributed by atoms with van der Waals surface area (Å²) in [5.74, 6) is -0.00333. The molecule has 1 aliphatic carbocycles. The summed E-state index contributed by atoms with van der Waals surface area (Å²) in [6, 6.07) is 7.23. The van der Waals surface area contributed by atoms with E-state index in [-0.39, 0.29) is 5.56 Å². The Morgan fingerprint density at radius 3 is 2.72 bits per heavy atom. The van der Waals surface area contributed by atoms with Crippen LogP contribution in [0.4, 0.5) is 0 Å². The summed E-state index contributed by atoms with van der Waals surface area (Å²) in [7, 11) is 0. The van der Waals surface area contributed by atoms with Crippen LogP contribution >= 0.6 is 11.8 Å². The Balaban J connectivity index is 1.84. The van der Waals surface area contributed by atoms with E-state index in [1.165, 1.54) is 38.6 Å². The van der Waals surface area contributed by atoms with E-state index < -0.39 is 12.0 Å². The maximum absolute atomic E-state index is 12.7. The van der Waals surface area contributed by atoms with Crippen molar-refractivity contribution < 1.29 is 9.90 Å². The summed E-state index contributed by atoms with van der Waals surface area (Å²) in [6.45, 7) is 4.22. The molecule has 1 saturated carbocycles. The molecule has 0 spiro atoms. The molecule has 1 atom stereocenters. The molecule has 1 N–H and O–H groups in total. The first-order valence-electron chi connectivity index (χ1n) is 8.66. The predicted octanol–water partition coefficient (Wildman–Crippen LogP) is 3.66. The van der Waals surface area contributed by atoms with Gasteiger partial charge in [-0.05, 0) is 66.8 Å². The fraction of sp³-hybridized carbons (Fsp3) is 0.400. The zero-order valence-corrected chi connectivity index (χ0v) is 15.2. The Morgan fingerprint density at radius 2 is 2.04 bits per heavy atom. The lowest BCUT2D eigenvalue weighted by atomic mass is 9.94. The predicted molar refractivity (Wildman–Crippen MR) is 98.8 cm³/mol. The molecule has 1 aliphatic heterocycles. The molecular formula is C20H21NO3S. The number of hydrogen-bond acceptors (Lipinski definition) is 3. The molecule has 5 heteroatoms. The third-order valence-corrected chi connectivity index (χ3v) is 6.56. The van der Waals surface area contributed by atoms with Crippen molar-refractivity contribution in [3.63, 3.8) is 0 Å². The van der Waals surface area contributed by atoms with Crippen LogP contribution in [0.15, 0.2) is 34.1 Å². The minimum atomic E-state index is -0.919. The Hall–Kier alpha value is -2.01. The second kappa shape index (κ2) is 6.06. The van der Waals surface area contributed by atoms with Crippen molar-refractivity contribution in [1.82, 2.24) is 4.57 Å². The summed E-state index contributed by atoms with van der Waals surface area (Å²) in [4.78, 5) is 24.2. The fourth-order valence-electron chi connectivity index (χ4n) is 3.68. The monoisotopic (exact) mass is 355 g/mol. The molecule has 2 aromatic rings. The number of aliphatic carboxylic acids is 1. The van der Waals surface area contributed by atoms with Gasteiger partial charge in [-0.25, -0.2) is 4.79 Å². The molecular weight excluding hydrogens is 334 g/mol. The van der Waals surface area contributed by atoms with Gasteiger partial charge in [0, 0.05) is 11.8 Å². The SMILES string of the molecule is Cc1cccc(Cc2cc(=O)n3c(c2C2CC2)SC[C@H]3C(=O)O)c1C. The number of aryl methyl sites for hydroxylation is 1. The van der Waals surface area contributed by atoms with E-state index in [0.717, 1.165) is 29.9 Å². The van der Waals surface area contributed by atoms with E-state index in [9.17, 15) is 14.7 Å². The highest BCUT2D eigenvalue weighted by atomic mass is 32.2. The summed E-state index contributed by atoms with van der Waals surface area (Å²) < 4.78 is 1.51. The van der Waals surface area contributed by atoms with Crippen LogP contribution in [0.2, 0.25) is 0 Å². The first-order valence-corrected chi connectivity index (χ1v) is 9.65. The van der Waals surface area contributed by atoms with Crippen LogP contribution in [0.1, 0.15) is 52.6 Å². The van der Waals surface area contributed by atoms with Crippen molar-refractivity contribution in [3.05, 3.63) is 62.4 Å². The number of benzene rings is 1. The number of pyridine rings is 1. The molecule has 2 heterocycles. The summed E-state index contributed by atoms with van der Waals surface area (Å²) in [5, 5.41) is 10.3. The van der Waals surface area contributed by atoms with Gasteiger partial charge in [0.25, 0.3) is 5.56 Å². The summed E-state index contributed by atoms with van der Waals surface area (Å²) in [5.41, 5.74) is 5.87. The highest BCUT2D eigenvalue weighted by molar-refractivity contribution is 7.99. The van der Waals surface area contributed by atoms with Crippen molar-refractivity contribution >= 4 is 17.7 Å². The van der Waals surface area contributed by atoms with Gasteiger partial charge in [0.05, 0.1) is 5.03 Å².